The Kier molecular flexibility index (Phi) is 7.57. The Balaban J connectivity index is 3.65. The number of methoxy groups -OCH3 is 1. The molecule has 0 aliphatic rings. The molecule has 0 rings (SSSR count). The molecule has 0 aromatic rings. The van der Waals surface area contributed by atoms with Gasteiger partial charge in [0.05, 0.1) is 13.2 Å². The molecular formula is C9H19N3O3. The van der Waals surface area contributed by atoms with Gasteiger partial charge < -0.3 is 21.1 Å². The van der Waals surface area contributed by atoms with Crippen LogP contribution in [0, 0.1) is 0 Å². The number of hydrogen-bond donors (Lipinski definition) is 3. The fourth-order valence-corrected chi connectivity index (χ4v) is 0.881. The molecular weight excluding hydrogens is 198 g/mol. The van der Waals surface area contributed by atoms with Gasteiger partial charge in [0.1, 0.15) is 6.04 Å². The molecule has 0 aliphatic carbocycles. The predicted octanol–water partition coefficient (Wildman–Crippen LogP) is -1.40. The van der Waals surface area contributed by atoms with Crippen molar-refractivity contribution in [1.29, 1.82) is 0 Å². The summed E-state index contributed by atoms with van der Waals surface area (Å²) in [4.78, 5) is 22.3. The highest BCUT2D eigenvalue weighted by Gasteiger charge is 2.13. The third kappa shape index (κ3) is 6.87. The van der Waals surface area contributed by atoms with Crippen LogP contribution in [0.1, 0.15) is 13.3 Å². The molecule has 2 amide bonds. The van der Waals surface area contributed by atoms with E-state index in [2.05, 4.69) is 10.6 Å². The molecule has 0 aromatic carbocycles. The van der Waals surface area contributed by atoms with E-state index in [4.69, 9.17) is 10.5 Å². The van der Waals surface area contributed by atoms with E-state index in [0.29, 0.717) is 6.54 Å². The van der Waals surface area contributed by atoms with Crippen molar-refractivity contribution in [3.63, 3.8) is 0 Å². The highest BCUT2D eigenvalue weighted by atomic mass is 16.5. The van der Waals surface area contributed by atoms with Crippen molar-refractivity contribution in [2.24, 2.45) is 5.73 Å². The summed E-state index contributed by atoms with van der Waals surface area (Å²) < 4.78 is 4.71. The quantitative estimate of drug-likeness (QED) is 0.489. The molecule has 6 heteroatoms. The van der Waals surface area contributed by atoms with Crippen molar-refractivity contribution in [2.75, 3.05) is 26.8 Å². The van der Waals surface area contributed by atoms with Crippen LogP contribution in [-0.4, -0.2) is 44.7 Å². The monoisotopic (exact) mass is 217 g/mol. The molecule has 6 nitrogen and oxygen atoms in total. The lowest BCUT2D eigenvalue weighted by atomic mass is 10.3. The highest BCUT2D eigenvalue weighted by molar-refractivity contribution is 5.87. The first-order valence-corrected chi connectivity index (χ1v) is 4.90. The summed E-state index contributed by atoms with van der Waals surface area (Å²) >= 11 is 0. The largest absolute Gasteiger partial charge is 0.383 e. The lowest BCUT2D eigenvalue weighted by Crippen LogP contribution is -2.46. The Hall–Kier alpha value is -1.14. The van der Waals surface area contributed by atoms with E-state index in [9.17, 15) is 9.59 Å². The fraction of sp³-hybridized carbons (Fsp3) is 0.778. The number of amides is 2. The average molecular weight is 217 g/mol. The smallest absolute Gasteiger partial charge is 0.239 e. The van der Waals surface area contributed by atoms with Crippen LogP contribution in [0.4, 0.5) is 0 Å². The number of ether oxygens (including phenoxy) is 1. The van der Waals surface area contributed by atoms with Crippen molar-refractivity contribution in [2.45, 2.75) is 19.4 Å². The zero-order chi connectivity index (χ0) is 11.7. The molecule has 88 valence electrons. The van der Waals surface area contributed by atoms with Gasteiger partial charge >= 0.3 is 0 Å². The topological polar surface area (TPSA) is 93.5 Å². The third-order valence-corrected chi connectivity index (χ3v) is 1.68. The summed E-state index contributed by atoms with van der Waals surface area (Å²) in [7, 11) is 1.46. The maximum absolute atomic E-state index is 11.2. The lowest BCUT2D eigenvalue weighted by molar-refractivity contribution is -0.127. The number of carbonyl (C=O) groups is 2. The van der Waals surface area contributed by atoms with Crippen LogP contribution in [0.15, 0.2) is 0 Å². The molecule has 0 radical (unpaired) electrons. The number of hydrogen-bond acceptors (Lipinski definition) is 4. The summed E-state index contributed by atoms with van der Waals surface area (Å²) in [6, 6.07) is -0.728. The SMILES string of the molecule is CCCNC(=O)CNC(=O)C(N)COC. The fourth-order valence-electron chi connectivity index (χ4n) is 0.881. The Morgan fingerprint density at radius 2 is 2.07 bits per heavy atom. The summed E-state index contributed by atoms with van der Waals surface area (Å²) in [6.07, 6.45) is 0.864. The Morgan fingerprint density at radius 1 is 1.40 bits per heavy atom. The molecule has 0 saturated heterocycles. The molecule has 0 aromatic heterocycles. The van der Waals surface area contributed by atoms with Gasteiger partial charge in [-0.1, -0.05) is 6.92 Å². The molecule has 15 heavy (non-hydrogen) atoms. The van der Waals surface area contributed by atoms with Crippen LogP contribution in [-0.2, 0) is 14.3 Å². The number of nitrogens with one attached hydrogen (secondary N) is 2. The van der Waals surface area contributed by atoms with Gasteiger partial charge in [0.25, 0.3) is 0 Å². The van der Waals surface area contributed by atoms with Crippen LogP contribution in [0.2, 0.25) is 0 Å². The van der Waals surface area contributed by atoms with E-state index in [1.54, 1.807) is 0 Å². The molecule has 0 fully saturated rings. The first kappa shape index (κ1) is 13.9. The maximum atomic E-state index is 11.2. The normalized spacial score (nSPS) is 11.9. The van der Waals surface area contributed by atoms with Gasteiger partial charge in [0, 0.05) is 13.7 Å². The molecule has 1 atom stereocenters. The molecule has 0 bridgehead atoms. The standard InChI is InChI=1S/C9H19N3O3/c1-3-4-11-8(13)5-12-9(14)7(10)6-15-2/h7H,3-6,10H2,1-2H3,(H,11,13)(H,12,14). The number of carbonyl (C=O) groups excluding carboxylic acids is 2. The van der Waals surface area contributed by atoms with Crippen LogP contribution in [0.3, 0.4) is 0 Å². The summed E-state index contributed by atoms with van der Waals surface area (Å²) in [5.74, 6) is -0.599. The maximum Gasteiger partial charge on any atom is 0.239 e. The molecule has 0 saturated carbocycles. The third-order valence-electron chi connectivity index (χ3n) is 1.68. The van der Waals surface area contributed by atoms with Gasteiger partial charge in [0.2, 0.25) is 11.8 Å². The number of nitrogens with two attached hydrogens (primary N) is 1. The van der Waals surface area contributed by atoms with Crippen molar-refractivity contribution in [1.82, 2.24) is 10.6 Å². The predicted molar refractivity (Wildman–Crippen MR) is 56.2 cm³/mol. The Morgan fingerprint density at radius 3 is 2.60 bits per heavy atom. The minimum Gasteiger partial charge on any atom is -0.383 e. The minimum absolute atomic E-state index is 0.0454. The second-order valence-electron chi connectivity index (χ2n) is 3.13. The lowest BCUT2D eigenvalue weighted by Gasteiger charge is -2.10. The van der Waals surface area contributed by atoms with E-state index in [0.717, 1.165) is 6.42 Å². The Bertz CT molecular complexity index is 209. The van der Waals surface area contributed by atoms with E-state index < -0.39 is 6.04 Å². The van der Waals surface area contributed by atoms with Crippen LogP contribution in [0.5, 0.6) is 0 Å². The van der Waals surface area contributed by atoms with Crippen molar-refractivity contribution < 1.29 is 14.3 Å². The summed E-state index contributed by atoms with van der Waals surface area (Å²) in [6.45, 7) is 2.66. The zero-order valence-corrected chi connectivity index (χ0v) is 9.21. The minimum atomic E-state index is -0.728. The van der Waals surface area contributed by atoms with Crippen LogP contribution in [0.25, 0.3) is 0 Å². The van der Waals surface area contributed by atoms with Gasteiger partial charge in [-0.05, 0) is 6.42 Å². The van der Waals surface area contributed by atoms with Crippen LogP contribution >= 0.6 is 0 Å². The molecule has 4 N–H and O–H groups in total. The van der Waals surface area contributed by atoms with Crippen molar-refractivity contribution in [3.05, 3.63) is 0 Å². The second-order valence-corrected chi connectivity index (χ2v) is 3.13. The molecule has 1 unspecified atom stereocenters. The van der Waals surface area contributed by atoms with E-state index >= 15 is 0 Å². The van der Waals surface area contributed by atoms with E-state index in [-0.39, 0.29) is 25.0 Å². The van der Waals surface area contributed by atoms with Gasteiger partial charge in [-0.3, -0.25) is 9.59 Å². The average Bonchev–Trinajstić information content (AvgIpc) is 2.23. The second kappa shape index (κ2) is 8.19. The van der Waals surface area contributed by atoms with Crippen molar-refractivity contribution in [3.8, 4) is 0 Å². The molecule has 0 spiro atoms. The van der Waals surface area contributed by atoms with Crippen LogP contribution < -0.4 is 16.4 Å². The summed E-state index contributed by atoms with van der Waals surface area (Å²) in [5.41, 5.74) is 5.45. The first-order valence-electron chi connectivity index (χ1n) is 4.90. The van der Waals surface area contributed by atoms with E-state index in [1.807, 2.05) is 6.92 Å². The molecule has 0 heterocycles. The van der Waals surface area contributed by atoms with Gasteiger partial charge in [0.15, 0.2) is 0 Å². The first-order chi connectivity index (χ1) is 7.11. The Labute approximate surface area is 89.5 Å². The van der Waals surface area contributed by atoms with Gasteiger partial charge in [-0.15, -0.1) is 0 Å². The molecule has 0 aliphatic heterocycles. The zero-order valence-electron chi connectivity index (χ0n) is 9.21. The number of rotatable bonds is 7. The van der Waals surface area contributed by atoms with Gasteiger partial charge in [-0.25, -0.2) is 0 Å². The van der Waals surface area contributed by atoms with Gasteiger partial charge in [-0.2, -0.15) is 0 Å². The summed E-state index contributed by atoms with van der Waals surface area (Å²) in [5, 5.41) is 5.05. The van der Waals surface area contributed by atoms with E-state index in [1.165, 1.54) is 7.11 Å². The highest BCUT2D eigenvalue weighted by Crippen LogP contribution is 1.80. The van der Waals surface area contributed by atoms with Crippen molar-refractivity contribution >= 4 is 11.8 Å².